The zero-order valence-corrected chi connectivity index (χ0v) is 10.3. The van der Waals surface area contributed by atoms with E-state index in [1.807, 2.05) is 30.3 Å². The minimum atomic E-state index is -0.564. The molecule has 1 N–H and O–H groups in total. The summed E-state index contributed by atoms with van der Waals surface area (Å²) in [6, 6.07) is 11.8. The molecule has 0 bridgehead atoms. The van der Waals surface area contributed by atoms with Crippen LogP contribution in [0.2, 0.25) is 0 Å². The van der Waals surface area contributed by atoms with Gasteiger partial charge in [0.15, 0.2) is 0 Å². The van der Waals surface area contributed by atoms with Crippen molar-refractivity contribution in [3.63, 3.8) is 0 Å². The van der Waals surface area contributed by atoms with Crippen LogP contribution >= 0.6 is 0 Å². The second kappa shape index (κ2) is 6.18. The first-order valence-corrected chi connectivity index (χ1v) is 6.24. The highest BCUT2D eigenvalue weighted by Crippen LogP contribution is 2.11. The fraction of sp³-hybridized carbons (Fsp3) is 0.429. The van der Waals surface area contributed by atoms with Gasteiger partial charge in [-0.25, -0.2) is 0 Å². The Balaban J connectivity index is 2.00. The first-order valence-electron chi connectivity index (χ1n) is 6.24. The Labute approximate surface area is 107 Å². The molecule has 0 aliphatic carbocycles. The van der Waals surface area contributed by atoms with E-state index in [1.165, 1.54) is 0 Å². The third kappa shape index (κ3) is 3.08. The molecule has 1 saturated heterocycles. The molecular weight excluding hydrogens is 226 g/mol. The summed E-state index contributed by atoms with van der Waals surface area (Å²) < 4.78 is 0. The van der Waals surface area contributed by atoms with Gasteiger partial charge in [-0.1, -0.05) is 30.3 Å². The number of carbonyl (C=O) groups excluding carboxylic acids is 1. The van der Waals surface area contributed by atoms with Gasteiger partial charge >= 0.3 is 0 Å². The number of nitriles is 1. The standard InChI is InChI=1S/C14H17N3O/c15-11-13(10-12-4-2-1-3-5-12)14(18)17-8-6-16-7-9-17/h1-5,13,16H,6-10H2. The molecular formula is C14H17N3O. The molecule has 4 heteroatoms. The fourth-order valence-electron chi connectivity index (χ4n) is 2.14. The van der Waals surface area contributed by atoms with Crippen molar-refractivity contribution in [2.45, 2.75) is 6.42 Å². The van der Waals surface area contributed by atoms with Gasteiger partial charge in [0.1, 0.15) is 5.92 Å². The van der Waals surface area contributed by atoms with Crippen molar-refractivity contribution in [2.75, 3.05) is 26.2 Å². The van der Waals surface area contributed by atoms with Crippen LogP contribution < -0.4 is 5.32 Å². The average molecular weight is 243 g/mol. The summed E-state index contributed by atoms with van der Waals surface area (Å²) in [6.45, 7) is 3.03. The summed E-state index contributed by atoms with van der Waals surface area (Å²) >= 11 is 0. The number of hydrogen-bond acceptors (Lipinski definition) is 3. The summed E-state index contributed by atoms with van der Waals surface area (Å²) in [5, 5.41) is 12.4. The molecule has 1 aromatic rings. The van der Waals surface area contributed by atoms with E-state index in [1.54, 1.807) is 4.90 Å². The lowest BCUT2D eigenvalue weighted by atomic mass is 9.99. The molecule has 2 rings (SSSR count). The Bertz CT molecular complexity index is 432. The van der Waals surface area contributed by atoms with E-state index < -0.39 is 5.92 Å². The monoisotopic (exact) mass is 243 g/mol. The van der Waals surface area contributed by atoms with E-state index in [-0.39, 0.29) is 5.91 Å². The van der Waals surface area contributed by atoms with Crippen molar-refractivity contribution in [2.24, 2.45) is 5.92 Å². The number of nitrogens with zero attached hydrogens (tertiary/aromatic N) is 2. The Morgan fingerprint density at radius 2 is 2.00 bits per heavy atom. The van der Waals surface area contributed by atoms with Crippen LogP contribution in [0.15, 0.2) is 30.3 Å². The van der Waals surface area contributed by atoms with Gasteiger partial charge in [-0.2, -0.15) is 5.26 Å². The summed E-state index contributed by atoms with van der Waals surface area (Å²) in [4.78, 5) is 14.0. The van der Waals surface area contributed by atoms with E-state index in [0.29, 0.717) is 19.5 Å². The third-order valence-corrected chi connectivity index (χ3v) is 3.17. The highest BCUT2D eigenvalue weighted by atomic mass is 16.2. The van der Waals surface area contributed by atoms with Gasteiger partial charge in [0.05, 0.1) is 6.07 Å². The Morgan fingerprint density at radius 3 is 2.61 bits per heavy atom. The molecule has 1 aromatic carbocycles. The average Bonchev–Trinajstić information content (AvgIpc) is 2.46. The molecule has 1 aliphatic heterocycles. The van der Waals surface area contributed by atoms with Crippen LogP contribution in [0.5, 0.6) is 0 Å². The van der Waals surface area contributed by atoms with Gasteiger partial charge in [0.2, 0.25) is 5.91 Å². The maximum Gasteiger partial charge on any atom is 0.240 e. The lowest BCUT2D eigenvalue weighted by molar-refractivity contribution is -0.134. The second-order valence-electron chi connectivity index (χ2n) is 4.45. The number of hydrogen-bond donors (Lipinski definition) is 1. The topological polar surface area (TPSA) is 56.1 Å². The molecule has 1 unspecified atom stereocenters. The van der Waals surface area contributed by atoms with Crippen LogP contribution in [0.3, 0.4) is 0 Å². The number of rotatable bonds is 3. The molecule has 1 aliphatic rings. The molecule has 0 radical (unpaired) electrons. The maximum absolute atomic E-state index is 12.2. The van der Waals surface area contributed by atoms with E-state index in [2.05, 4.69) is 11.4 Å². The van der Waals surface area contributed by atoms with Crippen molar-refractivity contribution >= 4 is 5.91 Å². The maximum atomic E-state index is 12.2. The normalized spacial score (nSPS) is 16.9. The summed E-state index contributed by atoms with van der Waals surface area (Å²) in [5.74, 6) is -0.603. The molecule has 1 atom stereocenters. The predicted octanol–water partition coefficient (Wildman–Crippen LogP) is 0.801. The number of carbonyl (C=O) groups is 1. The van der Waals surface area contributed by atoms with Gasteiger partial charge in [0, 0.05) is 26.2 Å². The lowest BCUT2D eigenvalue weighted by Crippen LogP contribution is -2.48. The zero-order valence-electron chi connectivity index (χ0n) is 10.3. The van der Waals surface area contributed by atoms with E-state index >= 15 is 0 Å². The minimum Gasteiger partial charge on any atom is -0.339 e. The van der Waals surface area contributed by atoms with Crippen molar-refractivity contribution in [3.8, 4) is 6.07 Å². The third-order valence-electron chi connectivity index (χ3n) is 3.17. The molecule has 0 saturated carbocycles. The molecule has 1 heterocycles. The van der Waals surface area contributed by atoms with Crippen molar-refractivity contribution in [3.05, 3.63) is 35.9 Å². The molecule has 0 spiro atoms. The highest BCUT2D eigenvalue weighted by Gasteiger charge is 2.25. The lowest BCUT2D eigenvalue weighted by Gasteiger charge is -2.29. The van der Waals surface area contributed by atoms with Crippen molar-refractivity contribution < 1.29 is 4.79 Å². The van der Waals surface area contributed by atoms with Crippen LogP contribution in [0.1, 0.15) is 5.56 Å². The van der Waals surface area contributed by atoms with Gasteiger partial charge in [-0.3, -0.25) is 4.79 Å². The van der Waals surface area contributed by atoms with E-state index in [0.717, 1.165) is 18.7 Å². The highest BCUT2D eigenvalue weighted by molar-refractivity contribution is 5.81. The number of benzene rings is 1. The molecule has 94 valence electrons. The largest absolute Gasteiger partial charge is 0.339 e. The minimum absolute atomic E-state index is 0.0390. The SMILES string of the molecule is N#CC(Cc1ccccc1)C(=O)N1CCNCC1. The number of nitrogens with one attached hydrogen (secondary N) is 1. The van der Waals surface area contributed by atoms with E-state index in [9.17, 15) is 10.1 Å². The Kier molecular flexibility index (Phi) is 4.32. The van der Waals surface area contributed by atoms with Crippen LogP contribution in [0.25, 0.3) is 0 Å². The first kappa shape index (κ1) is 12.6. The summed E-state index contributed by atoms with van der Waals surface area (Å²) in [7, 11) is 0. The summed E-state index contributed by atoms with van der Waals surface area (Å²) in [6.07, 6.45) is 0.500. The number of piperazine rings is 1. The Morgan fingerprint density at radius 1 is 1.33 bits per heavy atom. The van der Waals surface area contributed by atoms with E-state index in [4.69, 9.17) is 0 Å². The van der Waals surface area contributed by atoms with Gasteiger partial charge in [0.25, 0.3) is 0 Å². The van der Waals surface area contributed by atoms with Crippen LogP contribution in [0.4, 0.5) is 0 Å². The Hall–Kier alpha value is -1.86. The molecule has 1 amide bonds. The van der Waals surface area contributed by atoms with Gasteiger partial charge in [-0.15, -0.1) is 0 Å². The quantitative estimate of drug-likeness (QED) is 0.854. The molecule has 18 heavy (non-hydrogen) atoms. The van der Waals surface area contributed by atoms with Crippen LogP contribution in [-0.4, -0.2) is 37.0 Å². The van der Waals surface area contributed by atoms with Crippen LogP contribution in [-0.2, 0) is 11.2 Å². The fourth-order valence-corrected chi connectivity index (χ4v) is 2.14. The smallest absolute Gasteiger partial charge is 0.240 e. The number of amides is 1. The molecule has 0 aromatic heterocycles. The van der Waals surface area contributed by atoms with Crippen molar-refractivity contribution in [1.29, 1.82) is 5.26 Å². The second-order valence-corrected chi connectivity index (χ2v) is 4.45. The predicted molar refractivity (Wildman–Crippen MR) is 68.7 cm³/mol. The van der Waals surface area contributed by atoms with Crippen molar-refractivity contribution in [1.82, 2.24) is 10.2 Å². The van der Waals surface area contributed by atoms with Gasteiger partial charge < -0.3 is 10.2 Å². The first-order chi connectivity index (χ1) is 8.81. The van der Waals surface area contributed by atoms with Gasteiger partial charge in [-0.05, 0) is 12.0 Å². The van der Waals surface area contributed by atoms with Crippen LogP contribution in [0, 0.1) is 17.2 Å². The zero-order chi connectivity index (χ0) is 12.8. The summed E-state index contributed by atoms with van der Waals surface area (Å²) in [5.41, 5.74) is 1.03. The molecule has 4 nitrogen and oxygen atoms in total. The molecule has 1 fully saturated rings.